The summed E-state index contributed by atoms with van der Waals surface area (Å²) >= 11 is 0. The summed E-state index contributed by atoms with van der Waals surface area (Å²) in [4.78, 5) is 4.63. The van der Waals surface area contributed by atoms with Crippen molar-refractivity contribution in [2.75, 3.05) is 0 Å². The molecule has 0 saturated carbocycles. The molecule has 0 bridgehead atoms. The number of aliphatic hydroxyl groups is 1. The van der Waals surface area contributed by atoms with Crippen molar-refractivity contribution in [3.05, 3.63) is 47.7 Å². The van der Waals surface area contributed by atoms with E-state index >= 15 is 0 Å². The van der Waals surface area contributed by atoms with E-state index in [2.05, 4.69) is 24.6 Å². The van der Waals surface area contributed by atoms with E-state index in [4.69, 9.17) is 0 Å². The lowest BCUT2D eigenvalue weighted by Gasteiger charge is -2.06. The largest absolute Gasteiger partial charge is 0.388 e. The zero-order chi connectivity index (χ0) is 11.3. The van der Waals surface area contributed by atoms with Crippen LogP contribution >= 0.6 is 0 Å². The Morgan fingerprint density at radius 1 is 1.44 bits per heavy atom. The molecule has 1 aromatic carbocycles. The Kier molecular flexibility index (Phi) is 1.88. The molecule has 0 spiro atoms. The predicted molar refractivity (Wildman–Crippen MR) is 65.1 cm³/mol. The molecular formula is C14H13NO. The van der Waals surface area contributed by atoms with Crippen molar-refractivity contribution in [3.8, 4) is 0 Å². The van der Waals surface area contributed by atoms with Crippen LogP contribution in [-0.4, -0.2) is 10.1 Å². The van der Waals surface area contributed by atoms with Gasteiger partial charge in [-0.05, 0) is 24.1 Å². The van der Waals surface area contributed by atoms with E-state index in [1.54, 1.807) is 0 Å². The van der Waals surface area contributed by atoms with E-state index in [0.717, 1.165) is 33.3 Å². The van der Waals surface area contributed by atoms with Gasteiger partial charge in [0.15, 0.2) is 0 Å². The Morgan fingerprint density at radius 2 is 2.25 bits per heavy atom. The third-order valence-corrected chi connectivity index (χ3v) is 3.21. The molecular weight excluding hydrogens is 198 g/mol. The van der Waals surface area contributed by atoms with E-state index in [0.29, 0.717) is 6.42 Å². The third-order valence-electron chi connectivity index (χ3n) is 3.21. The van der Waals surface area contributed by atoms with Crippen LogP contribution < -0.4 is 0 Å². The lowest BCUT2D eigenvalue weighted by Crippen LogP contribution is -1.94. The van der Waals surface area contributed by atoms with Crippen LogP contribution in [-0.2, 0) is 0 Å². The van der Waals surface area contributed by atoms with Crippen LogP contribution in [0.15, 0.2) is 30.8 Å². The average molecular weight is 211 g/mol. The van der Waals surface area contributed by atoms with Gasteiger partial charge in [0.2, 0.25) is 0 Å². The van der Waals surface area contributed by atoms with Crippen LogP contribution in [0, 0.1) is 6.92 Å². The molecule has 1 unspecified atom stereocenters. The number of para-hydroxylation sites is 1. The van der Waals surface area contributed by atoms with Gasteiger partial charge in [-0.15, -0.1) is 0 Å². The van der Waals surface area contributed by atoms with Gasteiger partial charge in [-0.2, -0.15) is 0 Å². The van der Waals surface area contributed by atoms with Crippen molar-refractivity contribution in [1.82, 2.24) is 4.98 Å². The molecule has 1 atom stereocenters. The van der Waals surface area contributed by atoms with E-state index in [-0.39, 0.29) is 0 Å². The van der Waals surface area contributed by atoms with Crippen LogP contribution in [0.1, 0.15) is 29.3 Å². The van der Waals surface area contributed by atoms with E-state index in [1.165, 1.54) is 0 Å². The molecule has 1 heterocycles. The van der Waals surface area contributed by atoms with E-state index in [1.807, 2.05) is 18.2 Å². The second-order valence-corrected chi connectivity index (χ2v) is 4.40. The van der Waals surface area contributed by atoms with Gasteiger partial charge in [-0.25, -0.2) is 4.98 Å². The number of aliphatic hydroxyl groups excluding tert-OH is 1. The minimum Gasteiger partial charge on any atom is -0.388 e. The molecule has 2 aromatic rings. The van der Waals surface area contributed by atoms with Gasteiger partial charge in [0.1, 0.15) is 0 Å². The highest BCUT2D eigenvalue weighted by atomic mass is 16.3. The van der Waals surface area contributed by atoms with Gasteiger partial charge in [-0.1, -0.05) is 24.8 Å². The monoisotopic (exact) mass is 211 g/mol. The number of benzene rings is 1. The van der Waals surface area contributed by atoms with Gasteiger partial charge in [0.05, 0.1) is 17.3 Å². The van der Waals surface area contributed by atoms with Gasteiger partial charge in [-0.3, -0.25) is 0 Å². The molecule has 3 rings (SSSR count). The first kappa shape index (κ1) is 9.55. The molecule has 0 fully saturated rings. The summed E-state index contributed by atoms with van der Waals surface area (Å²) in [5.74, 6) is 0. The minimum absolute atomic E-state index is 0.431. The van der Waals surface area contributed by atoms with Gasteiger partial charge in [0, 0.05) is 17.4 Å². The van der Waals surface area contributed by atoms with Crippen molar-refractivity contribution in [3.63, 3.8) is 0 Å². The van der Waals surface area contributed by atoms with Crippen molar-refractivity contribution in [2.45, 2.75) is 19.4 Å². The highest BCUT2D eigenvalue weighted by molar-refractivity contribution is 5.86. The summed E-state index contributed by atoms with van der Waals surface area (Å²) in [6.07, 6.45) is 0.178. The lowest BCUT2D eigenvalue weighted by molar-refractivity contribution is 0.190. The topological polar surface area (TPSA) is 33.1 Å². The molecule has 2 heteroatoms. The quantitative estimate of drug-likeness (QED) is 0.726. The highest BCUT2D eigenvalue weighted by Crippen LogP contribution is 2.38. The first-order chi connectivity index (χ1) is 7.66. The number of rotatable bonds is 0. The molecule has 80 valence electrons. The number of fused-ring (bicyclic) bond motifs is 2. The fourth-order valence-electron chi connectivity index (χ4n) is 2.34. The maximum atomic E-state index is 9.88. The number of aryl methyl sites for hydroxylation is 1. The Bertz CT molecular complexity index is 601. The van der Waals surface area contributed by atoms with Crippen LogP contribution in [0.3, 0.4) is 0 Å². The Balaban J connectivity index is 2.39. The molecule has 1 aromatic heterocycles. The van der Waals surface area contributed by atoms with E-state index < -0.39 is 6.10 Å². The van der Waals surface area contributed by atoms with Crippen LogP contribution in [0.2, 0.25) is 0 Å². The summed E-state index contributed by atoms with van der Waals surface area (Å²) in [6, 6.07) is 8.13. The molecule has 0 amide bonds. The number of nitrogens with zero attached hydrogens (tertiary/aromatic N) is 1. The SMILES string of the molecule is C=C1CC(O)c2cc3cccc(C)c3nc21. The minimum atomic E-state index is -0.431. The number of hydrogen-bond acceptors (Lipinski definition) is 2. The maximum absolute atomic E-state index is 9.88. The summed E-state index contributed by atoms with van der Waals surface area (Å²) < 4.78 is 0. The van der Waals surface area contributed by atoms with Crippen LogP contribution in [0.5, 0.6) is 0 Å². The summed E-state index contributed by atoms with van der Waals surface area (Å²) in [5.41, 5.74) is 4.91. The molecule has 0 saturated heterocycles. The molecule has 0 radical (unpaired) electrons. The fourth-order valence-corrected chi connectivity index (χ4v) is 2.34. The Hall–Kier alpha value is -1.67. The predicted octanol–water partition coefficient (Wildman–Crippen LogP) is 2.99. The Labute approximate surface area is 94.3 Å². The zero-order valence-electron chi connectivity index (χ0n) is 9.20. The van der Waals surface area contributed by atoms with Crippen molar-refractivity contribution in [1.29, 1.82) is 0 Å². The normalized spacial score (nSPS) is 19.1. The number of pyridine rings is 1. The van der Waals surface area contributed by atoms with Crippen LogP contribution in [0.4, 0.5) is 0 Å². The first-order valence-electron chi connectivity index (χ1n) is 5.43. The number of hydrogen-bond donors (Lipinski definition) is 1. The second-order valence-electron chi connectivity index (χ2n) is 4.40. The van der Waals surface area contributed by atoms with Gasteiger partial charge < -0.3 is 5.11 Å². The van der Waals surface area contributed by atoms with Gasteiger partial charge in [0.25, 0.3) is 0 Å². The maximum Gasteiger partial charge on any atom is 0.0852 e. The zero-order valence-corrected chi connectivity index (χ0v) is 9.20. The molecule has 1 aliphatic carbocycles. The summed E-state index contributed by atoms with van der Waals surface area (Å²) in [5, 5.41) is 11.0. The highest BCUT2D eigenvalue weighted by Gasteiger charge is 2.25. The summed E-state index contributed by atoms with van der Waals surface area (Å²) in [7, 11) is 0. The van der Waals surface area contributed by atoms with Crippen molar-refractivity contribution >= 4 is 16.5 Å². The molecule has 0 aliphatic heterocycles. The second kappa shape index (κ2) is 3.16. The molecule has 1 N–H and O–H groups in total. The number of aromatic nitrogens is 1. The smallest absolute Gasteiger partial charge is 0.0852 e. The third kappa shape index (κ3) is 1.20. The van der Waals surface area contributed by atoms with E-state index in [9.17, 15) is 5.11 Å². The molecule has 1 aliphatic rings. The fraction of sp³-hybridized carbons (Fsp3) is 0.214. The standard InChI is InChI=1S/C14H13NO/c1-8-4-3-5-10-7-11-12(16)6-9(2)14(11)15-13(8)10/h3-5,7,12,16H,2,6H2,1H3. The summed E-state index contributed by atoms with van der Waals surface area (Å²) in [6.45, 7) is 6.01. The van der Waals surface area contributed by atoms with Crippen molar-refractivity contribution < 1.29 is 5.11 Å². The van der Waals surface area contributed by atoms with Crippen molar-refractivity contribution in [2.24, 2.45) is 0 Å². The Morgan fingerprint density at radius 3 is 3.06 bits per heavy atom. The van der Waals surface area contributed by atoms with Crippen LogP contribution in [0.25, 0.3) is 16.5 Å². The first-order valence-corrected chi connectivity index (χ1v) is 5.43. The van der Waals surface area contributed by atoms with Gasteiger partial charge >= 0.3 is 0 Å². The molecule has 2 nitrogen and oxygen atoms in total. The molecule has 16 heavy (non-hydrogen) atoms. The average Bonchev–Trinajstić information content (AvgIpc) is 2.53. The lowest BCUT2D eigenvalue weighted by atomic mass is 10.1.